The summed E-state index contributed by atoms with van der Waals surface area (Å²) in [7, 11) is 1.58. The third-order valence-electron chi connectivity index (χ3n) is 6.12. The molecule has 3 aromatic rings. The summed E-state index contributed by atoms with van der Waals surface area (Å²) in [6.07, 6.45) is 0.121. The molecule has 1 aliphatic rings. The van der Waals surface area contributed by atoms with Crippen LogP contribution in [-0.4, -0.2) is 25.5 Å². The highest BCUT2D eigenvalue weighted by atomic mass is 35.5. The molecule has 3 aromatic carbocycles. The van der Waals surface area contributed by atoms with E-state index in [1.54, 1.807) is 66.6 Å². The van der Waals surface area contributed by atoms with Gasteiger partial charge in [-0.3, -0.25) is 9.59 Å². The minimum Gasteiger partial charge on any atom is -0.497 e. The van der Waals surface area contributed by atoms with Crippen LogP contribution in [0.15, 0.2) is 60.7 Å². The maximum Gasteiger partial charge on any atom is 0.229 e. The highest BCUT2D eigenvalue weighted by Crippen LogP contribution is 2.35. The summed E-state index contributed by atoms with van der Waals surface area (Å²) in [6, 6.07) is 20.0. The van der Waals surface area contributed by atoms with Gasteiger partial charge < -0.3 is 15.0 Å². The summed E-state index contributed by atoms with van der Waals surface area (Å²) in [5, 5.41) is 13.7. The Hall–Kier alpha value is -3.53. The fourth-order valence-corrected chi connectivity index (χ4v) is 4.57. The summed E-state index contributed by atoms with van der Waals surface area (Å²) in [5.74, 6) is -0.742. The molecule has 0 aliphatic carbocycles. The summed E-state index contributed by atoms with van der Waals surface area (Å²) < 4.78 is 5.16. The van der Waals surface area contributed by atoms with E-state index >= 15 is 0 Å². The normalized spacial score (nSPS) is 16.0. The highest BCUT2D eigenvalue weighted by molar-refractivity contribution is 6.32. The van der Waals surface area contributed by atoms with Gasteiger partial charge in [0.2, 0.25) is 11.8 Å². The van der Waals surface area contributed by atoms with Crippen LogP contribution in [-0.2, 0) is 9.59 Å². The van der Waals surface area contributed by atoms with Crippen molar-refractivity contribution in [3.05, 3.63) is 87.4 Å². The molecule has 1 saturated heterocycles. The highest BCUT2D eigenvalue weighted by Gasteiger charge is 2.35. The maximum absolute atomic E-state index is 13.0. The number of halogens is 2. The van der Waals surface area contributed by atoms with Gasteiger partial charge in [0.1, 0.15) is 5.75 Å². The third kappa shape index (κ3) is 5.27. The van der Waals surface area contributed by atoms with Crippen molar-refractivity contribution >= 4 is 46.4 Å². The molecule has 4 rings (SSSR count). The minimum atomic E-state index is -0.575. The quantitative estimate of drug-likeness (QED) is 0.446. The number of amides is 2. The van der Waals surface area contributed by atoms with Gasteiger partial charge in [0.05, 0.1) is 25.0 Å². The zero-order valence-electron chi connectivity index (χ0n) is 19.2. The van der Waals surface area contributed by atoms with Gasteiger partial charge in [-0.2, -0.15) is 5.26 Å². The SMILES string of the molecule is COc1ccc(N2C[C@H](C(=O)Nc3cc(Cl)c([C@H](C#N)c4ccc(Cl)cc4)cc3C)CC2=O)cc1. The van der Waals surface area contributed by atoms with Crippen molar-refractivity contribution in [2.75, 3.05) is 23.9 Å². The number of methoxy groups -OCH3 is 1. The number of carbonyl (C=O) groups excluding carboxylic acids is 2. The Labute approximate surface area is 214 Å². The average Bonchev–Trinajstić information content (AvgIpc) is 3.25. The molecule has 2 amide bonds. The Balaban J connectivity index is 1.49. The number of rotatable bonds is 6. The molecule has 0 unspecified atom stereocenters. The number of benzene rings is 3. The second-order valence-corrected chi connectivity index (χ2v) is 9.24. The summed E-state index contributed by atoms with van der Waals surface area (Å²) in [4.78, 5) is 27.2. The van der Waals surface area contributed by atoms with Gasteiger partial charge in [0, 0.05) is 34.4 Å². The first-order chi connectivity index (χ1) is 16.8. The largest absolute Gasteiger partial charge is 0.497 e. The van der Waals surface area contributed by atoms with Crippen LogP contribution in [0.4, 0.5) is 11.4 Å². The van der Waals surface area contributed by atoms with E-state index in [1.807, 2.05) is 13.0 Å². The zero-order chi connectivity index (χ0) is 25.1. The standard InChI is InChI=1S/C27H23Cl2N3O3/c1-16-11-22(23(14-30)17-3-5-19(28)6-4-17)24(29)13-25(16)31-27(34)18-12-26(33)32(15-18)20-7-9-21(35-2)10-8-20/h3-11,13,18,23H,12,15H2,1-2H3,(H,31,34)/t18-,23-/m1/s1. The van der Waals surface area contributed by atoms with Crippen LogP contribution in [0.3, 0.4) is 0 Å². The van der Waals surface area contributed by atoms with E-state index in [0.29, 0.717) is 27.0 Å². The number of hydrogen-bond donors (Lipinski definition) is 1. The molecule has 2 atom stereocenters. The van der Waals surface area contributed by atoms with E-state index in [1.165, 1.54) is 0 Å². The smallest absolute Gasteiger partial charge is 0.229 e. The van der Waals surface area contributed by atoms with Gasteiger partial charge in [-0.1, -0.05) is 41.4 Å². The van der Waals surface area contributed by atoms with Crippen molar-refractivity contribution in [3.8, 4) is 11.8 Å². The second-order valence-electron chi connectivity index (χ2n) is 8.39. The van der Waals surface area contributed by atoms with Gasteiger partial charge in [-0.25, -0.2) is 0 Å². The molecule has 0 saturated carbocycles. The van der Waals surface area contributed by atoms with E-state index in [4.69, 9.17) is 27.9 Å². The monoisotopic (exact) mass is 507 g/mol. The van der Waals surface area contributed by atoms with E-state index in [2.05, 4.69) is 11.4 Å². The van der Waals surface area contributed by atoms with Crippen LogP contribution < -0.4 is 15.0 Å². The maximum atomic E-state index is 13.0. The Morgan fingerprint density at radius 1 is 1.14 bits per heavy atom. The number of hydrogen-bond acceptors (Lipinski definition) is 4. The zero-order valence-corrected chi connectivity index (χ0v) is 20.7. The number of aryl methyl sites for hydroxylation is 1. The summed E-state index contributed by atoms with van der Waals surface area (Å²) >= 11 is 12.5. The van der Waals surface area contributed by atoms with Crippen molar-refractivity contribution in [3.63, 3.8) is 0 Å². The molecule has 1 heterocycles. The molecule has 178 valence electrons. The number of ether oxygens (including phenoxy) is 1. The molecule has 8 heteroatoms. The average molecular weight is 508 g/mol. The van der Waals surface area contributed by atoms with Gasteiger partial charge in [0.25, 0.3) is 0 Å². The van der Waals surface area contributed by atoms with Crippen molar-refractivity contribution in [1.82, 2.24) is 0 Å². The summed E-state index contributed by atoms with van der Waals surface area (Å²) in [6.45, 7) is 2.13. The van der Waals surface area contributed by atoms with Crippen LogP contribution in [0, 0.1) is 24.2 Å². The lowest BCUT2D eigenvalue weighted by molar-refractivity contribution is -0.122. The van der Waals surface area contributed by atoms with Crippen molar-refractivity contribution in [2.45, 2.75) is 19.3 Å². The van der Waals surface area contributed by atoms with Gasteiger partial charge in [-0.15, -0.1) is 0 Å². The predicted octanol–water partition coefficient (Wildman–Crippen LogP) is 5.96. The molecule has 1 aliphatic heterocycles. The molecular weight excluding hydrogens is 485 g/mol. The predicted molar refractivity (Wildman–Crippen MR) is 137 cm³/mol. The molecule has 0 bridgehead atoms. The first-order valence-electron chi connectivity index (χ1n) is 11.0. The molecule has 0 aromatic heterocycles. The van der Waals surface area contributed by atoms with Gasteiger partial charge in [0.15, 0.2) is 0 Å². The lowest BCUT2D eigenvalue weighted by Gasteiger charge is -2.18. The first kappa shape index (κ1) is 24.6. The second kappa shape index (κ2) is 10.4. The first-order valence-corrected chi connectivity index (χ1v) is 11.8. The van der Waals surface area contributed by atoms with Gasteiger partial charge in [-0.05, 0) is 66.1 Å². The Kier molecular flexibility index (Phi) is 7.30. The van der Waals surface area contributed by atoms with Crippen molar-refractivity contribution < 1.29 is 14.3 Å². The fraction of sp³-hybridized carbons (Fsp3) is 0.222. The number of carbonyl (C=O) groups is 2. The molecule has 0 radical (unpaired) electrons. The van der Waals surface area contributed by atoms with E-state index < -0.39 is 11.8 Å². The molecular formula is C27H23Cl2N3O3. The summed E-state index contributed by atoms with van der Waals surface area (Å²) in [5.41, 5.74) is 3.46. The number of nitrogens with zero attached hydrogens (tertiary/aromatic N) is 2. The molecule has 6 nitrogen and oxygen atoms in total. The minimum absolute atomic E-state index is 0.111. The van der Waals surface area contributed by atoms with Crippen LogP contribution in [0.25, 0.3) is 0 Å². The van der Waals surface area contributed by atoms with E-state index in [0.717, 1.165) is 16.8 Å². The van der Waals surface area contributed by atoms with Crippen molar-refractivity contribution in [1.29, 1.82) is 5.26 Å². The van der Waals surface area contributed by atoms with Gasteiger partial charge >= 0.3 is 0 Å². The Morgan fingerprint density at radius 3 is 2.46 bits per heavy atom. The topological polar surface area (TPSA) is 82.4 Å². The van der Waals surface area contributed by atoms with E-state index in [9.17, 15) is 14.9 Å². The number of nitrogens with one attached hydrogen (secondary N) is 1. The van der Waals surface area contributed by atoms with Crippen LogP contribution in [0.5, 0.6) is 5.75 Å². The molecule has 1 N–H and O–H groups in total. The van der Waals surface area contributed by atoms with E-state index in [-0.39, 0.29) is 24.8 Å². The third-order valence-corrected chi connectivity index (χ3v) is 6.70. The lowest BCUT2D eigenvalue weighted by Crippen LogP contribution is -2.28. The number of nitriles is 1. The lowest BCUT2D eigenvalue weighted by atomic mass is 9.91. The fourth-order valence-electron chi connectivity index (χ4n) is 4.17. The molecule has 35 heavy (non-hydrogen) atoms. The van der Waals surface area contributed by atoms with Crippen LogP contribution in [0.2, 0.25) is 10.0 Å². The Bertz CT molecular complexity index is 1300. The molecule has 0 spiro atoms. The molecule has 1 fully saturated rings. The van der Waals surface area contributed by atoms with Crippen molar-refractivity contribution in [2.24, 2.45) is 5.92 Å². The number of anilines is 2. The van der Waals surface area contributed by atoms with Crippen LogP contribution >= 0.6 is 23.2 Å². The Morgan fingerprint density at radius 2 is 1.83 bits per heavy atom. The van der Waals surface area contributed by atoms with Crippen LogP contribution in [0.1, 0.15) is 29.0 Å².